The molecule has 0 spiro atoms. The molecule has 0 aliphatic carbocycles. The standard InChI is InChI=1S/C21H25FN6O/c1-27-8-2-3-15(27)13-29-20-17-12-24-21(28-9-6-23-7-10-28)26-19(17)16-5-4-14(22)11-18(16)25-20/h4-5,11-12,15,23H,2-3,6-10,13H2,1H3/t15-/m0/s1. The molecule has 29 heavy (non-hydrogen) atoms. The number of benzene rings is 1. The number of likely N-dealkylation sites (tertiary alicyclic amines) is 1. The number of pyridine rings is 1. The molecule has 3 aromatic rings. The van der Waals surface area contributed by atoms with Gasteiger partial charge in [0.05, 0.1) is 16.4 Å². The largest absolute Gasteiger partial charge is 0.475 e. The van der Waals surface area contributed by atoms with Crippen molar-refractivity contribution in [1.29, 1.82) is 0 Å². The van der Waals surface area contributed by atoms with E-state index in [9.17, 15) is 4.39 Å². The van der Waals surface area contributed by atoms with Gasteiger partial charge < -0.3 is 19.9 Å². The van der Waals surface area contributed by atoms with Crippen molar-refractivity contribution in [3.8, 4) is 5.88 Å². The van der Waals surface area contributed by atoms with Crippen LogP contribution in [0.2, 0.25) is 0 Å². The van der Waals surface area contributed by atoms with Gasteiger partial charge in [-0.1, -0.05) is 0 Å². The van der Waals surface area contributed by atoms with Crippen LogP contribution in [0, 0.1) is 5.82 Å². The molecular formula is C21H25FN6O. The number of anilines is 1. The molecule has 4 heterocycles. The number of ether oxygens (including phenoxy) is 1. The van der Waals surface area contributed by atoms with Gasteiger partial charge in [0.25, 0.3) is 0 Å². The summed E-state index contributed by atoms with van der Waals surface area (Å²) in [6.07, 6.45) is 4.09. The predicted octanol–water partition coefficient (Wildman–Crippen LogP) is 2.20. The zero-order valence-corrected chi connectivity index (χ0v) is 16.6. The number of piperazine rings is 1. The Labute approximate surface area is 168 Å². The lowest BCUT2D eigenvalue weighted by Crippen LogP contribution is -2.44. The summed E-state index contributed by atoms with van der Waals surface area (Å²) in [5.41, 5.74) is 1.31. The molecule has 1 N–H and O–H groups in total. The van der Waals surface area contributed by atoms with Gasteiger partial charge in [0.15, 0.2) is 0 Å². The predicted molar refractivity (Wildman–Crippen MR) is 111 cm³/mol. The summed E-state index contributed by atoms with van der Waals surface area (Å²) in [6.45, 7) is 5.18. The second kappa shape index (κ2) is 7.68. The van der Waals surface area contributed by atoms with Gasteiger partial charge in [-0.3, -0.25) is 0 Å². The SMILES string of the molecule is CN1CCC[C@H]1COc1nc2cc(F)ccc2c2nc(N3CCNCC3)ncc12. The molecule has 1 atom stereocenters. The quantitative estimate of drug-likeness (QED) is 0.678. The average molecular weight is 396 g/mol. The molecule has 2 fully saturated rings. The molecule has 152 valence electrons. The summed E-state index contributed by atoms with van der Waals surface area (Å²) in [4.78, 5) is 18.5. The Bertz CT molecular complexity index is 1040. The zero-order chi connectivity index (χ0) is 19.8. The minimum Gasteiger partial charge on any atom is -0.475 e. The number of hydrogen-bond donors (Lipinski definition) is 1. The van der Waals surface area contributed by atoms with E-state index in [1.165, 1.54) is 18.6 Å². The topological polar surface area (TPSA) is 66.4 Å². The van der Waals surface area contributed by atoms with Crippen molar-refractivity contribution in [3.63, 3.8) is 0 Å². The number of aromatic nitrogens is 3. The van der Waals surface area contributed by atoms with E-state index in [0.717, 1.165) is 55.4 Å². The van der Waals surface area contributed by atoms with Crippen LogP contribution in [0.25, 0.3) is 21.8 Å². The maximum absolute atomic E-state index is 13.9. The third-order valence-electron chi connectivity index (χ3n) is 5.93. The molecule has 2 aliphatic rings. The third-order valence-corrected chi connectivity index (χ3v) is 5.93. The first-order valence-electron chi connectivity index (χ1n) is 10.2. The van der Waals surface area contributed by atoms with Gasteiger partial charge in [-0.05, 0) is 38.6 Å². The van der Waals surface area contributed by atoms with Crippen molar-refractivity contribution in [1.82, 2.24) is 25.2 Å². The van der Waals surface area contributed by atoms with Crippen LogP contribution in [-0.2, 0) is 0 Å². The minimum absolute atomic E-state index is 0.317. The van der Waals surface area contributed by atoms with E-state index in [0.29, 0.717) is 30.0 Å². The van der Waals surface area contributed by atoms with E-state index < -0.39 is 0 Å². The van der Waals surface area contributed by atoms with Crippen molar-refractivity contribution in [2.24, 2.45) is 0 Å². The first-order chi connectivity index (χ1) is 14.2. The van der Waals surface area contributed by atoms with Crippen LogP contribution in [0.3, 0.4) is 0 Å². The van der Waals surface area contributed by atoms with Crippen LogP contribution in [0.1, 0.15) is 12.8 Å². The highest BCUT2D eigenvalue weighted by Gasteiger charge is 2.23. The van der Waals surface area contributed by atoms with Crippen LogP contribution in [0.4, 0.5) is 10.3 Å². The average Bonchev–Trinajstić information content (AvgIpc) is 3.16. The lowest BCUT2D eigenvalue weighted by molar-refractivity contribution is 0.195. The molecule has 0 amide bonds. The Kier molecular flexibility index (Phi) is 4.89. The van der Waals surface area contributed by atoms with E-state index in [2.05, 4.69) is 32.1 Å². The summed E-state index contributed by atoms with van der Waals surface area (Å²) in [5, 5.41) is 4.92. The Morgan fingerprint density at radius 2 is 2.03 bits per heavy atom. The first-order valence-corrected chi connectivity index (χ1v) is 10.2. The van der Waals surface area contributed by atoms with Crippen LogP contribution in [-0.4, -0.2) is 72.3 Å². The highest BCUT2D eigenvalue weighted by molar-refractivity contribution is 6.05. The third kappa shape index (κ3) is 3.58. The molecule has 0 bridgehead atoms. The van der Waals surface area contributed by atoms with Gasteiger partial charge in [-0.15, -0.1) is 0 Å². The molecule has 0 radical (unpaired) electrons. The Balaban J connectivity index is 1.57. The molecular weight excluding hydrogens is 371 g/mol. The molecule has 0 saturated carbocycles. The van der Waals surface area contributed by atoms with Gasteiger partial charge >= 0.3 is 0 Å². The van der Waals surface area contributed by atoms with Crippen molar-refractivity contribution >= 4 is 27.8 Å². The number of nitrogens with one attached hydrogen (secondary N) is 1. The summed E-state index contributed by atoms with van der Waals surface area (Å²) in [5.74, 6) is 0.852. The van der Waals surface area contributed by atoms with Crippen LogP contribution in [0.15, 0.2) is 24.4 Å². The van der Waals surface area contributed by atoms with Crippen molar-refractivity contribution in [2.75, 3.05) is 51.3 Å². The van der Waals surface area contributed by atoms with Crippen molar-refractivity contribution < 1.29 is 9.13 Å². The maximum atomic E-state index is 13.9. The maximum Gasteiger partial charge on any atom is 0.225 e. The number of likely N-dealkylation sites (N-methyl/N-ethyl adjacent to an activating group) is 1. The summed E-state index contributed by atoms with van der Waals surface area (Å²) in [6, 6.07) is 5.00. The Morgan fingerprint density at radius 1 is 1.17 bits per heavy atom. The normalized spacial score (nSPS) is 20.6. The number of nitrogens with zero attached hydrogens (tertiary/aromatic N) is 5. The summed E-state index contributed by atoms with van der Waals surface area (Å²) in [7, 11) is 2.12. The van der Waals surface area contributed by atoms with Gasteiger partial charge in [-0.2, -0.15) is 0 Å². The summed E-state index contributed by atoms with van der Waals surface area (Å²) < 4.78 is 20.0. The second-order valence-electron chi connectivity index (χ2n) is 7.84. The Hall–Kier alpha value is -2.58. The molecule has 0 unspecified atom stereocenters. The highest BCUT2D eigenvalue weighted by atomic mass is 19.1. The van der Waals surface area contributed by atoms with Crippen LogP contribution in [0.5, 0.6) is 5.88 Å². The van der Waals surface area contributed by atoms with Crippen molar-refractivity contribution in [2.45, 2.75) is 18.9 Å². The van der Waals surface area contributed by atoms with E-state index >= 15 is 0 Å². The zero-order valence-electron chi connectivity index (χ0n) is 16.6. The minimum atomic E-state index is -0.317. The van der Waals surface area contributed by atoms with Crippen LogP contribution >= 0.6 is 0 Å². The van der Waals surface area contributed by atoms with E-state index in [4.69, 9.17) is 9.72 Å². The molecule has 2 saturated heterocycles. The lowest BCUT2D eigenvalue weighted by atomic mass is 10.1. The molecule has 2 aliphatic heterocycles. The number of hydrogen-bond acceptors (Lipinski definition) is 7. The fraction of sp³-hybridized carbons (Fsp3) is 0.476. The fourth-order valence-electron chi connectivity index (χ4n) is 4.19. The van der Waals surface area contributed by atoms with Crippen molar-refractivity contribution in [3.05, 3.63) is 30.2 Å². The molecule has 2 aromatic heterocycles. The smallest absolute Gasteiger partial charge is 0.225 e. The van der Waals surface area contributed by atoms with E-state index in [-0.39, 0.29) is 5.82 Å². The van der Waals surface area contributed by atoms with Crippen LogP contribution < -0.4 is 15.0 Å². The molecule has 7 nitrogen and oxygen atoms in total. The summed E-state index contributed by atoms with van der Waals surface area (Å²) >= 11 is 0. The number of fused-ring (bicyclic) bond motifs is 3. The van der Waals surface area contributed by atoms with Gasteiger partial charge in [-0.25, -0.2) is 19.3 Å². The number of halogens is 1. The van der Waals surface area contributed by atoms with Gasteiger partial charge in [0.2, 0.25) is 11.8 Å². The van der Waals surface area contributed by atoms with E-state index in [1.54, 1.807) is 12.3 Å². The lowest BCUT2D eigenvalue weighted by Gasteiger charge is -2.27. The fourth-order valence-corrected chi connectivity index (χ4v) is 4.19. The molecule has 8 heteroatoms. The van der Waals surface area contributed by atoms with E-state index in [1.807, 2.05) is 0 Å². The molecule has 5 rings (SSSR count). The first kappa shape index (κ1) is 18.4. The number of rotatable bonds is 4. The van der Waals surface area contributed by atoms with Gasteiger partial charge in [0.1, 0.15) is 12.4 Å². The monoisotopic (exact) mass is 396 g/mol. The Morgan fingerprint density at radius 3 is 2.83 bits per heavy atom. The highest BCUT2D eigenvalue weighted by Crippen LogP contribution is 2.31. The molecule has 1 aromatic carbocycles. The second-order valence-corrected chi connectivity index (χ2v) is 7.84. The van der Waals surface area contributed by atoms with Gasteiger partial charge in [0, 0.05) is 49.9 Å².